The number of hydrogen-bond acceptors (Lipinski definition) is 5. The molecule has 1 N–H and O–H groups in total. The Balaban J connectivity index is 1.56. The van der Waals surface area contributed by atoms with Gasteiger partial charge in [0.1, 0.15) is 0 Å². The zero-order valence-electron chi connectivity index (χ0n) is 15.9. The molecule has 1 aliphatic heterocycles. The summed E-state index contributed by atoms with van der Waals surface area (Å²) in [5.41, 5.74) is 1.80. The fraction of sp³-hybridized carbons (Fsp3) is 0.632. The van der Waals surface area contributed by atoms with E-state index in [4.69, 9.17) is 0 Å². The van der Waals surface area contributed by atoms with E-state index in [9.17, 15) is 4.79 Å². The molecule has 0 spiro atoms. The molecule has 1 fully saturated rings. The molecule has 0 saturated carbocycles. The summed E-state index contributed by atoms with van der Waals surface area (Å²) in [6.45, 7) is 9.09. The molecule has 0 radical (unpaired) electrons. The van der Waals surface area contributed by atoms with Crippen LogP contribution in [0.2, 0.25) is 0 Å². The molecule has 26 heavy (non-hydrogen) atoms. The number of likely N-dealkylation sites (tertiary alicyclic amines) is 1. The number of amides is 1. The van der Waals surface area contributed by atoms with Gasteiger partial charge in [0.15, 0.2) is 5.69 Å². The minimum atomic E-state index is -0.154. The Bertz CT molecular complexity index is 723. The van der Waals surface area contributed by atoms with Crippen molar-refractivity contribution < 1.29 is 4.79 Å². The van der Waals surface area contributed by atoms with Crippen LogP contribution in [0.1, 0.15) is 60.5 Å². The molecule has 1 aliphatic rings. The van der Waals surface area contributed by atoms with E-state index in [2.05, 4.69) is 38.9 Å². The van der Waals surface area contributed by atoms with Crippen LogP contribution in [0.15, 0.2) is 17.6 Å². The lowest BCUT2D eigenvalue weighted by Crippen LogP contribution is -2.39. The lowest BCUT2D eigenvalue weighted by Gasteiger charge is -2.35. The van der Waals surface area contributed by atoms with E-state index in [0.29, 0.717) is 11.7 Å². The van der Waals surface area contributed by atoms with Crippen LogP contribution in [-0.4, -0.2) is 44.4 Å². The zero-order chi connectivity index (χ0) is 18.5. The third-order valence-electron chi connectivity index (χ3n) is 4.95. The lowest BCUT2D eigenvalue weighted by atomic mass is 9.99. The second kappa shape index (κ2) is 8.77. The number of rotatable bonds is 7. The maximum Gasteiger partial charge on any atom is 0.273 e. The van der Waals surface area contributed by atoms with E-state index < -0.39 is 0 Å². The van der Waals surface area contributed by atoms with Crippen molar-refractivity contribution in [3.05, 3.63) is 33.8 Å². The molecule has 0 aromatic carbocycles. The number of thiophene rings is 1. The summed E-state index contributed by atoms with van der Waals surface area (Å²) >= 11 is 1.86. The molecule has 3 rings (SSSR count). The Labute approximate surface area is 159 Å². The van der Waals surface area contributed by atoms with Crippen molar-refractivity contribution in [1.29, 1.82) is 0 Å². The highest BCUT2D eigenvalue weighted by molar-refractivity contribution is 7.10. The van der Waals surface area contributed by atoms with Gasteiger partial charge in [-0.15, -0.1) is 16.4 Å². The number of piperidine rings is 1. The normalized spacial score (nSPS) is 18.4. The molecule has 1 unspecified atom stereocenters. The smallest absolute Gasteiger partial charge is 0.273 e. The van der Waals surface area contributed by atoms with E-state index in [1.807, 2.05) is 25.2 Å². The zero-order valence-corrected chi connectivity index (χ0v) is 16.8. The average Bonchev–Trinajstić information content (AvgIpc) is 3.23. The van der Waals surface area contributed by atoms with Crippen molar-refractivity contribution in [2.24, 2.45) is 0 Å². The predicted octanol–water partition coefficient (Wildman–Crippen LogP) is 3.23. The lowest BCUT2D eigenvalue weighted by molar-refractivity contribution is 0.0938. The third kappa shape index (κ3) is 4.92. The molecule has 0 aliphatic carbocycles. The molecule has 2 aromatic rings. The fourth-order valence-corrected chi connectivity index (χ4v) is 4.41. The summed E-state index contributed by atoms with van der Waals surface area (Å²) in [6.07, 6.45) is 6.61. The van der Waals surface area contributed by atoms with Crippen molar-refractivity contribution in [2.45, 2.75) is 71.6 Å². The van der Waals surface area contributed by atoms with Gasteiger partial charge in [-0.2, -0.15) is 0 Å². The van der Waals surface area contributed by atoms with Crippen LogP contribution in [0.4, 0.5) is 0 Å². The number of hydrogen-bond donors (Lipinski definition) is 1. The standard InChI is InChI=1S/C19H29N5OS/c1-14(2)20-19(25)17-12-24(22-21-17)10-7-16-6-4-5-9-23(16)13-18-15(3)8-11-26-18/h8,11-12,14,16H,4-7,9-10,13H2,1-3H3,(H,20,25). The first-order chi connectivity index (χ1) is 12.5. The molecule has 1 amide bonds. The van der Waals surface area contributed by atoms with Crippen LogP contribution in [0.3, 0.4) is 0 Å². The van der Waals surface area contributed by atoms with Gasteiger partial charge in [-0.3, -0.25) is 14.4 Å². The minimum Gasteiger partial charge on any atom is -0.348 e. The van der Waals surface area contributed by atoms with E-state index in [-0.39, 0.29) is 11.9 Å². The van der Waals surface area contributed by atoms with Crippen molar-refractivity contribution in [3.8, 4) is 0 Å². The number of carbonyl (C=O) groups excluding carboxylic acids is 1. The number of aryl methyl sites for hydroxylation is 2. The molecule has 0 bridgehead atoms. The summed E-state index contributed by atoms with van der Waals surface area (Å²) in [5, 5.41) is 13.2. The third-order valence-corrected chi connectivity index (χ3v) is 5.95. The van der Waals surface area contributed by atoms with Crippen molar-refractivity contribution >= 4 is 17.2 Å². The van der Waals surface area contributed by atoms with Crippen molar-refractivity contribution in [2.75, 3.05) is 6.54 Å². The first-order valence-electron chi connectivity index (χ1n) is 9.51. The van der Waals surface area contributed by atoms with Crippen LogP contribution in [0, 0.1) is 6.92 Å². The topological polar surface area (TPSA) is 63.1 Å². The largest absolute Gasteiger partial charge is 0.348 e. The van der Waals surface area contributed by atoms with E-state index in [1.165, 1.54) is 36.2 Å². The Morgan fingerprint density at radius 1 is 1.42 bits per heavy atom. The Morgan fingerprint density at radius 2 is 2.27 bits per heavy atom. The van der Waals surface area contributed by atoms with Crippen LogP contribution in [-0.2, 0) is 13.1 Å². The SMILES string of the molecule is Cc1ccsc1CN1CCCCC1CCn1cc(C(=O)NC(C)C)nn1. The highest BCUT2D eigenvalue weighted by atomic mass is 32.1. The van der Waals surface area contributed by atoms with E-state index in [0.717, 1.165) is 19.5 Å². The highest BCUT2D eigenvalue weighted by Gasteiger charge is 2.23. The van der Waals surface area contributed by atoms with Gasteiger partial charge in [0.05, 0.1) is 6.20 Å². The molecular formula is C19H29N5OS. The maximum absolute atomic E-state index is 12.0. The van der Waals surface area contributed by atoms with Gasteiger partial charge in [0, 0.05) is 30.1 Å². The van der Waals surface area contributed by atoms with Crippen LogP contribution in [0.5, 0.6) is 0 Å². The quantitative estimate of drug-likeness (QED) is 0.807. The highest BCUT2D eigenvalue weighted by Crippen LogP contribution is 2.25. The monoisotopic (exact) mass is 375 g/mol. The maximum atomic E-state index is 12.0. The van der Waals surface area contributed by atoms with Gasteiger partial charge < -0.3 is 5.32 Å². The second-order valence-electron chi connectivity index (χ2n) is 7.43. The van der Waals surface area contributed by atoms with Crippen LogP contribution < -0.4 is 5.32 Å². The first-order valence-corrected chi connectivity index (χ1v) is 10.4. The van der Waals surface area contributed by atoms with E-state index in [1.54, 1.807) is 10.9 Å². The molecular weight excluding hydrogens is 346 g/mol. The van der Waals surface area contributed by atoms with Gasteiger partial charge in [0.2, 0.25) is 0 Å². The summed E-state index contributed by atoms with van der Waals surface area (Å²) < 4.78 is 1.80. The Morgan fingerprint density at radius 3 is 3.00 bits per heavy atom. The van der Waals surface area contributed by atoms with Crippen LogP contribution >= 0.6 is 11.3 Å². The first kappa shape index (κ1) is 19.0. The minimum absolute atomic E-state index is 0.101. The Hall–Kier alpha value is -1.73. The summed E-state index contributed by atoms with van der Waals surface area (Å²) in [6, 6.07) is 2.88. The number of nitrogens with zero attached hydrogens (tertiary/aromatic N) is 4. The number of carbonyl (C=O) groups is 1. The van der Waals surface area contributed by atoms with Gasteiger partial charge >= 0.3 is 0 Å². The molecule has 1 saturated heterocycles. The molecule has 7 heteroatoms. The molecule has 1 atom stereocenters. The second-order valence-corrected chi connectivity index (χ2v) is 8.43. The molecule has 6 nitrogen and oxygen atoms in total. The Kier molecular flexibility index (Phi) is 6.43. The van der Waals surface area contributed by atoms with Crippen molar-refractivity contribution in [3.63, 3.8) is 0 Å². The average molecular weight is 376 g/mol. The number of aromatic nitrogens is 3. The number of nitrogens with one attached hydrogen (secondary N) is 1. The molecule has 2 aromatic heterocycles. The van der Waals surface area contributed by atoms with Crippen molar-refractivity contribution in [1.82, 2.24) is 25.2 Å². The van der Waals surface area contributed by atoms with E-state index >= 15 is 0 Å². The molecule has 142 valence electrons. The van der Waals surface area contributed by atoms with Crippen LogP contribution in [0.25, 0.3) is 0 Å². The summed E-state index contributed by atoms with van der Waals surface area (Å²) in [4.78, 5) is 16.1. The molecule has 3 heterocycles. The summed E-state index contributed by atoms with van der Waals surface area (Å²) in [7, 11) is 0. The van der Waals surface area contributed by atoms with Gasteiger partial charge in [-0.1, -0.05) is 11.6 Å². The summed E-state index contributed by atoms with van der Waals surface area (Å²) in [5.74, 6) is -0.154. The van der Waals surface area contributed by atoms with Gasteiger partial charge in [0.25, 0.3) is 5.91 Å². The van der Waals surface area contributed by atoms with Gasteiger partial charge in [-0.05, 0) is 63.6 Å². The predicted molar refractivity (Wildman–Crippen MR) is 104 cm³/mol. The van der Waals surface area contributed by atoms with Gasteiger partial charge in [-0.25, -0.2) is 0 Å². The fourth-order valence-electron chi connectivity index (χ4n) is 3.47.